The largest absolute Gasteiger partial charge is 0.337 e. The van der Waals surface area contributed by atoms with Crippen LogP contribution in [0.3, 0.4) is 0 Å². The first-order chi connectivity index (χ1) is 12.7. The molecule has 5 heteroatoms. The zero-order valence-electron chi connectivity index (χ0n) is 14.6. The molecule has 1 aliphatic heterocycles. The summed E-state index contributed by atoms with van der Waals surface area (Å²) in [7, 11) is 0. The molecule has 2 heterocycles. The number of aromatic nitrogens is 1. The van der Waals surface area contributed by atoms with Crippen molar-refractivity contribution in [3.63, 3.8) is 0 Å². The number of amides is 1. The van der Waals surface area contributed by atoms with Crippen molar-refractivity contribution >= 4 is 29.0 Å². The number of rotatable bonds is 4. The molecule has 4 rings (SSSR count). The van der Waals surface area contributed by atoms with Crippen molar-refractivity contribution in [3.8, 4) is 11.3 Å². The van der Waals surface area contributed by atoms with Crippen molar-refractivity contribution in [1.82, 2.24) is 9.88 Å². The van der Waals surface area contributed by atoms with E-state index in [9.17, 15) is 4.79 Å². The normalized spacial score (nSPS) is 13.5. The third-order valence-electron chi connectivity index (χ3n) is 4.63. The molecule has 0 atom stereocenters. The first-order valence-corrected chi connectivity index (χ1v) is 10.6. The minimum atomic E-state index is 0.191. The summed E-state index contributed by atoms with van der Waals surface area (Å²) in [6.07, 6.45) is 0.946. The summed E-state index contributed by atoms with van der Waals surface area (Å²) < 4.78 is 0.950. The van der Waals surface area contributed by atoms with E-state index in [0.29, 0.717) is 5.75 Å². The molecular weight excluding hydrogens is 360 g/mol. The van der Waals surface area contributed by atoms with Crippen molar-refractivity contribution in [1.29, 1.82) is 0 Å². The average molecular weight is 381 g/mol. The molecule has 1 aliphatic rings. The summed E-state index contributed by atoms with van der Waals surface area (Å²) in [5.41, 5.74) is 5.99. The lowest BCUT2D eigenvalue weighted by Gasteiger charge is -2.28. The fourth-order valence-corrected chi connectivity index (χ4v) is 4.84. The van der Waals surface area contributed by atoms with Gasteiger partial charge in [-0.25, -0.2) is 4.98 Å². The molecule has 0 N–H and O–H groups in total. The fourth-order valence-electron chi connectivity index (χ4n) is 3.10. The lowest BCUT2D eigenvalue weighted by molar-refractivity contribution is -0.129. The minimum absolute atomic E-state index is 0.191. The van der Waals surface area contributed by atoms with Gasteiger partial charge in [-0.15, -0.1) is 11.3 Å². The molecule has 1 amide bonds. The van der Waals surface area contributed by atoms with Gasteiger partial charge < -0.3 is 4.90 Å². The van der Waals surface area contributed by atoms with Crippen LogP contribution in [-0.4, -0.2) is 28.1 Å². The van der Waals surface area contributed by atoms with E-state index >= 15 is 0 Å². The van der Waals surface area contributed by atoms with Gasteiger partial charge in [0, 0.05) is 24.0 Å². The van der Waals surface area contributed by atoms with Crippen LogP contribution in [0.4, 0.5) is 0 Å². The van der Waals surface area contributed by atoms with Crippen LogP contribution in [0, 0.1) is 6.92 Å². The second kappa shape index (κ2) is 7.64. The van der Waals surface area contributed by atoms with E-state index in [4.69, 9.17) is 0 Å². The predicted molar refractivity (Wildman–Crippen MR) is 109 cm³/mol. The van der Waals surface area contributed by atoms with Gasteiger partial charge in [0.2, 0.25) is 5.91 Å². The summed E-state index contributed by atoms with van der Waals surface area (Å²) in [4.78, 5) is 19.2. The Hall–Kier alpha value is -2.11. The first kappa shape index (κ1) is 17.3. The van der Waals surface area contributed by atoms with E-state index < -0.39 is 0 Å². The third-order valence-corrected chi connectivity index (χ3v) is 6.64. The molecule has 0 spiro atoms. The highest BCUT2D eigenvalue weighted by atomic mass is 32.2. The number of carbonyl (C=O) groups is 1. The summed E-state index contributed by atoms with van der Waals surface area (Å²) in [5, 5.41) is 2.06. The number of nitrogens with zero attached hydrogens (tertiary/aromatic N) is 2. The molecule has 0 unspecified atom stereocenters. The molecular formula is C21H20N2OS2. The SMILES string of the molecule is Cc1ccc(-c2csc(SCC(=O)N3CCc4ccccc4C3)n2)cc1. The Morgan fingerprint density at radius 1 is 1.15 bits per heavy atom. The number of fused-ring (bicyclic) bond motifs is 1. The second-order valence-electron chi connectivity index (χ2n) is 6.49. The summed E-state index contributed by atoms with van der Waals surface area (Å²) in [5.74, 6) is 0.639. The maximum atomic E-state index is 12.6. The van der Waals surface area contributed by atoms with E-state index in [1.54, 1.807) is 11.3 Å². The van der Waals surface area contributed by atoms with Crippen LogP contribution in [0.15, 0.2) is 58.3 Å². The van der Waals surface area contributed by atoms with Crippen LogP contribution in [-0.2, 0) is 17.8 Å². The van der Waals surface area contributed by atoms with Crippen molar-refractivity contribution in [2.24, 2.45) is 0 Å². The molecule has 3 aromatic rings. The van der Waals surface area contributed by atoms with Crippen molar-refractivity contribution < 1.29 is 4.79 Å². The third kappa shape index (κ3) is 3.84. The van der Waals surface area contributed by atoms with Crippen LogP contribution in [0.1, 0.15) is 16.7 Å². The maximum absolute atomic E-state index is 12.6. The fraction of sp³-hybridized carbons (Fsp3) is 0.238. The van der Waals surface area contributed by atoms with Crippen molar-refractivity contribution in [2.45, 2.75) is 24.2 Å². The van der Waals surface area contributed by atoms with Crippen LogP contribution in [0.2, 0.25) is 0 Å². The Balaban J connectivity index is 1.36. The van der Waals surface area contributed by atoms with E-state index in [2.05, 4.69) is 59.8 Å². The highest BCUT2D eigenvalue weighted by Crippen LogP contribution is 2.29. The molecule has 0 radical (unpaired) electrons. The molecule has 0 fully saturated rings. The number of benzene rings is 2. The van der Waals surface area contributed by atoms with E-state index in [-0.39, 0.29) is 5.91 Å². The second-order valence-corrected chi connectivity index (χ2v) is 8.57. The lowest BCUT2D eigenvalue weighted by Crippen LogP contribution is -2.37. The molecule has 0 saturated carbocycles. The number of hydrogen-bond acceptors (Lipinski definition) is 4. The monoisotopic (exact) mass is 380 g/mol. The summed E-state index contributed by atoms with van der Waals surface area (Å²) >= 11 is 3.15. The summed E-state index contributed by atoms with van der Waals surface area (Å²) in [6, 6.07) is 16.8. The zero-order valence-corrected chi connectivity index (χ0v) is 16.3. The van der Waals surface area contributed by atoms with E-state index in [1.165, 1.54) is 28.5 Å². The highest BCUT2D eigenvalue weighted by molar-refractivity contribution is 8.01. The van der Waals surface area contributed by atoms with Crippen LogP contribution < -0.4 is 0 Å². The van der Waals surface area contributed by atoms with Crippen molar-refractivity contribution in [2.75, 3.05) is 12.3 Å². The Bertz CT molecular complexity index is 918. The van der Waals surface area contributed by atoms with Crippen LogP contribution in [0.5, 0.6) is 0 Å². The smallest absolute Gasteiger partial charge is 0.233 e. The topological polar surface area (TPSA) is 33.2 Å². The summed E-state index contributed by atoms with van der Waals surface area (Å²) in [6.45, 7) is 3.61. The Kier molecular flexibility index (Phi) is 5.09. The van der Waals surface area contributed by atoms with E-state index in [1.807, 2.05) is 11.0 Å². The molecule has 0 bridgehead atoms. The van der Waals surface area contributed by atoms with E-state index in [0.717, 1.165) is 35.1 Å². The van der Waals surface area contributed by atoms with Gasteiger partial charge in [0.05, 0.1) is 11.4 Å². The molecule has 2 aromatic carbocycles. The Labute approximate surface area is 162 Å². The number of hydrogen-bond donors (Lipinski definition) is 0. The molecule has 132 valence electrons. The number of thioether (sulfide) groups is 1. The standard InChI is InChI=1S/C21H20N2OS2/c1-15-6-8-17(9-7-15)19-13-25-21(22-19)26-14-20(24)23-11-10-16-4-2-3-5-18(16)12-23/h2-9,13H,10-12,14H2,1H3. The molecule has 1 aromatic heterocycles. The number of aryl methyl sites for hydroxylation is 1. The Morgan fingerprint density at radius 2 is 1.92 bits per heavy atom. The van der Waals surface area contributed by atoms with Gasteiger partial charge >= 0.3 is 0 Å². The van der Waals surface area contributed by atoms with Gasteiger partial charge in [0.15, 0.2) is 4.34 Å². The number of carbonyl (C=O) groups excluding carboxylic acids is 1. The Morgan fingerprint density at radius 3 is 2.73 bits per heavy atom. The van der Waals surface area contributed by atoms with Gasteiger partial charge in [0.1, 0.15) is 0 Å². The number of thiazole rings is 1. The lowest BCUT2D eigenvalue weighted by atomic mass is 10.00. The quantitative estimate of drug-likeness (QED) is 0.610. The first-order valence-electron chi connectivity index (χ1n) is 8.69. The van der Waals surface area contributed by atoms with Crippen LogP contribution in [0.25, 0.3) is 11.3 Å². The zero-order chi connectivity index (χ0) is 17.9. The van der Waals surface area contributed by atoms with Gasteiger partial charge in [-0.05, 0) is 24.5 Å². The molecule has 0 saturated heterocycles. The van der Waals surface area contributed by atoms with Gasteiger partial charge in [-0.3, -0.25) is 4.79 Å². The van der Waals surface area contributed by atoms with Gasteiger partial charge in [-0.1, -0.05) is 65.9 Å². The van der Waals surface area contributed by atoms with Gasteiger partial charge in [-0.2, -0.15) is 0 Å². The maximum Gasteiger partial charge on any atom is 0.233 e. The van der Waals surface area contributed by atoms with Crippen molar-refractivity contribution in [3.05, 3.63) is 70.6 Å². The molecule has 0 aliphatic carbocycles. The van der Waals surface area contributed by atoms with Gasteiger partial charge in [0.25, 0.3) is 0 Å². The minimum Gasteiger partial charge on any atom is -0.337 e. The highest BCUT2D eigenvalue weighted by Gasteiger charge is 2.20. The molecule has 3 nitrogen and oxygen atoms in total. The van der Waals surface area contributed by atoms with Crippen LogP contribution >= 0.6 is 23.1 Å². The molecule has 26 heavy (non-hydrogen) atoms. The average Bonchev–Trinajstić information content (AvgIpc) is 3.15. The predicted octanol–water partition coefficient (Wildman–Crippen LogP) is 4.80.